The zero-order valence-corrected chi connectivity index (χ0v) is 25.6. The van der Waals surface area contributed by atoms with Crippen LogP contribution >= 0.6 is 23.2 Å². The van der Waals surface area contributed by atoms with Gasteiger partial charge in [0.2, 0.25) is 5.91 Å². The van der Waals surface area contributed by atoms with Crippen LogP contribution in [0.4, 0.5) is 0 Å². The Hall–Kier alpha value is -1.79. The Morgan fingerprint density at radius 2 is 1.68 bits per heavy atom. The highest BCUT2D eigenvalue weighted by Gasteiger charge is 2.38. The van der Waals surface area contributed by atoms with Gasteiger partial charge in [-0.05, 0) is 101 Å². The van der Waals surface area contributed by atoms with E-state index in [1.165, 1.54) is 50.8 Å². The van der Waals surface area contributed by atoms with Crippen molar-refractivity contribution in [2.24, 2.45) is 0 Å². The first-order valence-corrected chi connectivity index (χ1v) is 16.0. The number of likely N-dealkylation sites (tertiary alicyclic amines) is 3. The number of methoxy groups -OCH3 is 1. The summed E-state index contributed by atoms with van der Waals surface area (Å²) in [5.74, 6) is 0.938. The molecule has 0 N–H and O–H groups in total. The molecule has 218 valence electrons. The van der Waals surface area contributed by atoms with Crippen LogP contribution in [0.1, 0.15) is 68.9 Å². The molecule has 0 aromatic heterocycles. The Morgan fingerprint density at radius 1 is 0.925 bits per heavy atom. The zero-order valence-electron chi connectivity index (χ0n) is 24.1. The number of carbonyl (C=O) groups excluding carboxylic acids is 1. The number of carbonyl (C=O) groups is 1. The minimum Gasteiger partial charge on any atom is -0.496 e. The van der Waals surface area contributed by atoms with Gasteiger partial charge in [0.15, 0.2) is 0 Å². The predicted octanol–water partition coefficient (Wildman–Crippen LogP) is 6.84. The molecule has 0 saturated carbocycles. The molecule has 3 saturated heterocycles. The van der Waals surface area contributed by atoms with Crippen LogP contribution < -0.4 is 4.74 Å². The number of nitrogens with zero attached hydrogens (tertiary/aromatic N) is 3. The largest absolute Gasteiger partial charge is 0.496 e. The lowest BCUT2D eigenvalue weighted by molar-refractivity contribution is -0.131. The summed E-state index contributed by atoms with van der Waals surface area (Å²) in [6.07, 6.45) is 11.2. The summed E-state index contributed by atoms with van der Waals surface area (Å²) in [6, 6.07) is 14.7. The third kappa shape index (κ3) is 7.15. The first-order chi connectivity index (χ1) is 19.5. The number of rotatable bonds is 8. The lowest BCUT2D eigenvalue weighted by Gasteiger charge is -2.42. The first-order valence-electron chi connectivity index (χ1n) is 15.3. The molecule has 7 heteroatoms. The summed E-state index contributed by atoms with van der Waals surface area (Å²) < 4.78 is 5.54. The van der Waals surface area contributed by atoms with E-state index in [2.05, 4.69) is 26.8 Å². The summed E-state index contributed by atoms with van der Waals surface area (Å²) in [5, 5.41) is 1.18. The van der Waals surface area contributed by atoms with Crippen molar-refractivity contribution >= 4 is 29.1 Å². The average Bonchev–Trinajstić information content (AvgIpc) is 3.22. The minimum absolute atomic E-state index is 0.148. The zero-order chi connectivity index (χ0) is 28.0. The Kier molecular flexibility index (Phi) is 10.3. The van der Waals surface area contributed by atoms with Gasteiger partial charge in [0, 0.05) is 30.1 Å². The van der Waals surface area contributed by atoms with E-state index in [1.54, 1.807) is 7.11 Å². The van der Waals surface area contributed by atoms with Crippen LogP contribution in [0.2, 0.25) is 10.0 Å². The second-order valence-corrected chi connectivity index (χ2v) is 12.9. The molecule has 3 heterocycles. The maximum absolute atomic E-state index is 13.7. The van der Waals surface area contributed by atoms with Crippen LogP contribution in [0, 0.1) is 0 Å². The number of ether oxygens (including phenoxy) is 1. The molecule has 1 atom stereocenters. The van der Waals surface area contributed by atoms with Crippen molar-refractivity contribution in [2.75, 3.05) is 52.9 Å². The summed E-state index contributed by atoms with van der Waals surface area (Å²) >= 11 is 12.9. The monoisotopic (exact) mass is 585 g/mol. The summed E-state index contributed by atoms with van der Waals surface area (Å²) in [7, 11) is 1.67. The van der Waals surface area contributed by atoms with Crippen molar-refractivity contribution in [3.63, 3.8) is 0 Å². The quantitative estimate of drug-likeness (QED) is 0.340. The molecule has 1 amide bonds. The minimum atomic E-state index is -0.148. The molecular weight excluding hydrogens is 541 g/mol. The van der Waals surface area contributed by atoms with Crippen molar-refractivity contribution in [2.45, 2.75) is 75.7 Å². The molecule has 0 radical (unpaired) electrons. The fraction of sp³-hybridized carbons (Fsp3) is 0.606. The van der Waals surface area contributed by atoms with E-state index in [0.29, 0.717) is 23.0 Å². The number of halogens is 2. The second-order valence-electron chi connectivity index (χ2n) is 12.1. The van der Waals surface area contributed by atoms with Gasteiger partial charge >= 0.3 is 0 Å². The molecular formula is C33H45Cl2N3O2. The number of hydrogen-bond donors (Lipinski definition) is 0. The summed E-state index contributed by atoms with van der Waals surface area (Å²) in [4.78, 5) is 21.2. The molecule has 5 rings (SSSR count). The van der Waals surface area contributed by atoms with Crippen molar-refractivity contribution < 1.29 is 9.53 Å². The van der Waals surface area contributed by atoms with Crippen LogP contribution in [0.3, 0.4) is 0 Å². The predicted molar refractivity (Wildman–Crippen MR) is 165 cm³/mol. The van der Waals surface area contributed by atoms with Crippen LogP contribution in [0.15, 0.2) is 42.5 Å². The maximum atomic E-state index is 13.7. The fourth-order valence-electron chi connectivity index (χ4n) is 7.20. The van der Waals surface area contributed by atoms with Crippen molar-refractivity contribution in [1.29, 1.82) is 0 Å². The standard InChI is InChI=1S/C33H45Cl2N3O2/c1-40-31-10-4-3-9-26(31)23-32(39)38-19-8-5-15-33(25-38,27-11-12-29(34)30(35)24-27)16-22-36-20-13-28(14-21-36)37-17-6-2-7-18-37/h3-4,9-12,24,28H,2,5-8,13-23,25H2,1H3/t33-/m0/s1. The Balaban J connectivity index is 1.31. The third-order valence-electron chi connectivity index (χ3n) is 9.62. The van der Waals surface area contributed by atoms with E-state index < -0.39 is 0 Å². The first kappa shape index (κ1) is 29.7. The van der Waals surface area contributed by atoms with Gasteiger partial charge in [-0.1, -0.05) is 60.3 Å². The highest BCUT2D eigenvalue weighted by molar-refractivity contribution is 6.42. The van der Waals surface area contributed by atoms with E-state index in [4.69, 9.17) is 27.9 Å². The van der Waals surface area contributed by atoms with Crippen molar-refractivity contribution in [3.8, 4) is 5.75 Å². The van der Waals surface area contributed by atoms with Gasteiger partial charge in [-0.3, -0.25) is 4.79 Å². The SMILES string of the molecule is COc1ccccc1CC(=O)N1CCCC[C@@](CCN2CCC(N3CCCCC3)CC2)(c2ccc(Cl)c(Cl)c2)C1. The number of para-hydroxylation sites is 1. The highest BCUT2D eigenvalue weighted by Crippen LogP contribution is 2.40. The molecule has 0 spiro atoms. The van der Waals surface area contributed by atoms with Gasteiger partial charge in [-0.2, -0.15) is 0 Å². The van der Waals surface area contributed by atoms with Crippen LogP contribution in [-0.4, -0.2) is 79.6 Å². The molecule has 3 fully saturated rings. The van der Waals surface area contributed by atoms with Gasteiger partial charge in [0.25, 0.3) is 0 Å². The normalized spacial score (nSPS) is 23.6. The molecule has 2 aromatic carbocycles. The van der Waals surface area contributed by atoms with Gasteiger partial charge in [-0.25, -0.2) is 0 Å². The highest BCUT2D eigenvalue weighted by atomic mass is 35.5. The molecule has 0 aliphatic carbocycles. The molecule has 0 unspecified atom stereocenters. The molecule has 5 nitrogen and oxygen atoms in total. The van der Waals surface area contributed by atoms with Crippen LogP contribution in [0.25, 0.3) is 0 Å². The van der Waals surface area contributed by atoms with E-state index in [9.17, 15) is 4.79 Å². The van der Waals surface area contributed by atoms with Crippen molar-refractivity contribution in [3.05, 3.63) is 63.6 Å². The van der Waals surface area contributed by atoms with Crippen LogP contribution in [-0.2, 0) is 16.6 Å². The Morgan fingerprint density at radius 3 is 2.42 bits per heavy atom. The Labute approximate surface area is 250 Å². The maximum Gasteiger partial charge on any atom is 0.227 e. The van der Waals surface area contributed by atoms with E-state index >= 15 is 0 Å². The molecule has 0 bridgehead atoms. The Bertz CT molecular complexity index is 1130. The van der Waals surface area contributed by atoms with Gasteiger partial charge in [-0.15, -0.1) is 0 Å². The summed E-state index contributed by atoms with van der Waals surface area (Å²) in [5.41, 5.74) is 2.00. The average molecular weight is 587 g/mol. The number of benzene rings is 2. The third-order valence-corrected chi connectivity index (χ3v) is 10.4. The smallest absolute Gasteiger partial charge is 0.227 e. The molecule has 2 aromatic rings. The number of amides is 1. The molecule has 40 heavy (non-hydrogen) atoms. The lowest BCUT2D eigenvalue weighted by atomic mass is 9.73. The van der Waals surface area contributed by atoms with Gasteiger partial charge in [0.05, 0.1) is 23.6 Å². The molecule has 3 aliphatic heterocycles. The van der Waals surface area contributed by atoms with E-state index in [-0.39, 0.29) is 11.3 Å². The van der Waals surface area contributed by atoms with E-state index in [0.717, 1.165) is 69.2 Å². The summed E-state index contributed by atoms with van der Waals surface area (Å²) in [6.45, 7) is 7.43. The molecule has 3 aliphatic rings. The van der Waals surface area contributed by atoms with Gasteiger partial charge < -0.3 is 19.4 Å². The number of piperidine rings is 2. The van der Waals surface area contributed by atoms with Crippen LogP contribution in [0.5, 0.6) is 5.75 Å². The second kappa shape index (κ2) is 13.9. The lowest BCUT2D eigenvalue weighted by Crippen LogP contribution is -2.48. The number of hydrogen-bond acceptors (Lipinski definition) is 4. The van der Waals surface area contributed by atoms with Crippen molar-refractivity contribution in [1.82, 2.24) is 14.7 Å². The van der Waals surface area contributed by atoms with Gasteiger partial charge in [0.1, 0.15) is 5.75 Å². The van der Waals surface area contributed by atoms with E-state index in [1.807, 2.05) is 30.3 Å². The fourth-order valence-corrected chi connectivity index (χ4v) is 7.50. The topological polar surface area (TPSA) is 36.0 Å².